The molecule has 16 heavy (non-hydrogen) atoms. The van der Waals surface area contributed by atoms with Crippen LogP contribution in [0.3, 0.4) is 0 Å². The minimum Gasteiger partial charge on any atom is -0.346 e. The molecule has 4 nitrogen and oxygen atoms in total. The third kappa shape index (κ3) is 2.03. The second-order valence-corrected chi connectivity index (χ2v) is 3.61. The lowest BCUT2D eigenvalue weighted by atomic mass is 10.2. The minimum atomic E-state index is -0.598. The van der Waals surface area contributed by atoms with E-state index >= 15 is 0 Å². The third-order valence-corrected chi connectivity index (χ3v) is 2.51. The zero-order chi connectivity index (χ0) is 11.5. The summed E-state index contributed by atoms with van der Waals surface area (Å²) in [7, 11) is 0. The van der Waals surface area contributed by atoms with Crippen LogP contribution in [0.25, 0.3) is 0 Å². The molecule has 0 saturated carbocycles. The lowest BCUT2D eigenvalue weighted by molar-refractivity contribution is -0.385. The largest absolute Gasteiger partial charge is 0.346 e. The van der Waals surface area contributed by atoms with E-state index in [0.717, 1.165) is 25.5 Å². The smallest absolute Gasteiger partial charge is 0.272 e. The quantitative estimate of drug-likeness (QED) is 0.571. The summed E-state index contributed by atoms with van der Waals surface area (Å²) in [5.41, 5.74) is 0.170. The molecule has 1 aliphatic heterocycles. The van der Waals surface area contributed by atoms with Crippen LogP contribution >= 0.6 is 0 Å². The number of nitro groups is 1. The summed E-state index contributed by atoms with van der Waals surface area (Å²) in [5, 5.41) is 10.5. The van der Waals surface area contributed by atoms with Gasteiger partial charge in [0, 0.05) is 18.8 Å². The molecule has 5 heteroatoms. The van der Waals surface area contributed by atoms with Crippen LogP contribution in [0.4, 0.5) is 15.8 Å². The Hall–Kier alpha value is -1.91. The predicted octanol–water partition coefficient (Wildman–Crippen LogP) is 2.85. The van der Waals surface area contributed by atoms with Crippen LogP contribution in [0, 0.1) is 15.9 Å². The average molecular weight is 222 g/mol. The van der Waals surface area contributed by atoms with Gasteiger partial charge in [-0.2, -0.15) is 0 Å². The Morgan fingerprint density at radius 1 is 1.44 bits per heavy atom. The molecule has 0 bridgehead atoms. The standard InChI is InChI=1S/C11H11FN2O2/c12-10-8-9(14(15)16)4-5-11(10)13-6-2-1-3-7-13/h2,4-6,8H,1,3,7H2. The maximum Gasteiger partial charge on any atom is 0.272 e. The van der Waals surface area contributed by atoms with Crippen molar-refractivity contribution in [3.8, 4) is 0 Å². The highest BCUT2D eigenvalue weighted by molar-refractivity contribution is 5.54. The van der Waals surface area contributed by atoms with Crippen molar-refractivity contribution < 1.29 is 9.31 Å². The molecule has 1 aromatic rings. The molecular weight excluding hydrogens is 211 g/mol. The Morgan fingerprint density at radius 2 is 2.25 bits per heavy atom. The fourth-order valence-corrected chi connectivity index (χ4v) is 1.70. The van der Waals surface area contributed by atoms with Gasteiger partial charge in [0.05, 0.1) is 16.7 Å². The Balaban J connectivity index is 2.31. The highest BCUT2D eigenvalue weighted by Gasteiger charge is 2.15. The number of anilines is 1. The molecule has 0 spiro atoms. The van der Waals surface area contributed by atoms with E-state index in [9.17, 15) is 14.5 Å². The van der Waals surface area contributed by atoms with E-state index in [2.05, 4.69) is 0 Å². The molecule has 0 atom stereocenters. The fraction of sp³-hybridized carbons (Fsp3) is 0.273. The number of non-ortho nitro benzene ring substituents is 1. The van der Waals surface area contributed by atoms with E-state index in [1.807, 2.05) is 12.3 Å². The number of nitrogens with zero attached hydrogens (tertiary/aromatic N) is 2. The molecular formula is C11H11FN2O2. The fourth-order valence-electron chi connectivity index (χ4n) is 1.70. The van der Waals surface area contributed by atoms with Gasteiger partial charge in [0.1, 0.15) is 0 Å². The molecule has 2 rings (SSSR count). The second-order valence-electron chi connectivity index (χ2n) is 3.61. The van der Waals surface area contributed by atoms with Crippen molar-refractivity contribution in [3.05, 3.63) is 46.4 Å². The Morgan fingerprint density at radius 3 is 2.81 bits per heavy atom. The van der Waals surface area contributed by atoms with Crippen LogP contribution in [-0.2, 0) is 0 Å². The summed E-state index contributed by atoms with van der Waals surface area (Å²) < 4.78 is 13.6. The van der Waals surface area contributed by atoms with Gasteiger partial charge in [-0.25, -0.2) is 4.39 Å². The number of hydrogen-bond donors (Lipinski definition) is 0. The monoisotopic (exact) mass is 222 g/mol. The molecule has 1 aromatic carbocycles. The van der Waals surface area contributed by atoms with Gasteiger partial charge in [0.25, 0.3) is 5.69 Å². The third-order valence-electron chi connectivity index (χ3n) is 2.51. The molecule has 0 unspecified atom stereocenters. The maximum absolute atomic E-state index is 13.6. The van der Waals surface area contributed by atoms with Crippen molar-refractivity contribution >= 4 is 11.4 Å². The summed E-state index contributed by atoms with van der Waals surface area (Å²) in [4.78, 5) is 11.6. The van der Waals surface area contributed by atoms with Gasteiger partial charge < -0.3 is 4.90 Å². The Labute approximate surface area is 92.1 Å². The first kappa shape index (κ1) is 10.6. The number of halogens is 1. The van der Waals surface area contributed by atoms with Gasteiger partial charge in [-0.1, -0.05) is 6.08 Å². The summed E-state index contributed by atoms with van der Waals surface area (Å²) in [6.07, 6.45) is 5.73. The molecule has 1 heterocycles. The van der Waals surface area contributed by atoms with Gasteiger partial charge in [-0.3, -0.25) is 10.1 Å². The first-order valence-electron chi connectivity index (χ1n) is 5.06. The summed E-state index contributed by atoms with van der Waals surface area (Å²) in [6.45, 7) is 0.741. The van der Waals surface area contributed by atoms with E-state index in [1.54, 1.807) is 4.90 Å². The lowest BCUT2D eigenvalue weighted by Crippen LogP contribution is -2.21. The maximum atomic E-state index is 13.6. The highest BCUT2D eigenvalue weighted by atomic mass is 19.1. The van der Waals surface area contributed by atoms with Crippen LogP contribution in [0.1, 0.15) is 12.8 Å². The number of allylic oxidation sites excluding steroid dienone is 1. The van der Waals surface area contributed by atoms with Gasteiger partial charge >= 0.3 is 0 Å². The van der Waals surface area contributed by atoms with E-state index in [4.69, 9.17) is 0 Å². The van der Waals surface area contributed by atoms with Crippen LogP contribution in [0.15, 0.2) is 30.5 Å². The second kappa shape index (κ2) is 4.30. The van der Waals surface area contributed by atoms with Crippen molar-refractivity contribution in [3.63, 3.8) is 0 Å². The predicted molar refractivity (Wildman–Crippen MR) is 58.8 cm³/mol. The van der Waals surface area contributed by atoms with Crippen molar-refractivity contribution in [2.75, 3.05) is 11.4 Å². The molecule has 1 aliphatic rings. The van der Waals surface area contributed by atoms with E-state index in [0.29, 0.717) is 5.69 Å². The van der Waals surface area contributed by atoms with E-state index < -0.39 is 10.7 Å². The van der Waals surface area contributed by atoms with Crippen molar-refractivity contribution in [2.45, 2.75) is 12.8 Å². The number of rotatable bonds is 2. The Bertz CT molecular complexity index is 446. The lowest BCUT2D eigenvalue weighted by Gasteiger charge is -2.23. The van der Waals surface area contributed by atoms with E-state index in [1.165, 1.54) is 12.1 Å². The average Bonchev–Trinajstić information content (AvgIpc) is 2.30. The molecule has 0 amide bonds. The van der Waals surface area contributed by atoms with Gasteiger partial charge in [-0.05, 0) is 18.9 Å². The number of hydrogen-bond acceptors (Lipinski definition) is 3. The number of nitro benzene ring substituents is 1. The van der Waals surface area contributed by atoms with Crippen LogP contribution in [0.2, 0.25) is 0 Å². The topological polar surface area (TPSA) is 46.4 Å². The van der Waals surface area contributed by atoms with Gasteiger partial charge in [-0.15, -0.1) is 0 Å². The number of benzene rings is 1. The zero-order valence-electron chi connectivity index (χ0n) is 8.60. The summed E-state index contributed by atoms with van der Waals surface area (Å²) >= 11 is 0. The minimum absolute atomic E-state index is 0.220. The van der Waals surface area contributed by atoms with Crippen molar-refractivity contribution in [2.24, 2.45) is 0 Å². The van der Waals surface area contributed by atoms with Gasteiger partial charge in [0.15, 0.2) is 5.82 Å². The molecule has 0 radical (unpaired) electrons. The molecule has 0 fully saturated rings. The molecule has 0 N–H and O–H groups in total. The summed E-state index contributed by atoms with van der Waals surface area (Å²) in [6, 6.07) is 3.72. The van der Waals surface area contributed by atoms with E-state index in [-0.39, 0.29) is 5.69 Å². The summed E-state index contributed by atoms with van der Waals surface area (Å²) in [5.74, 6) is -0.555. The van der Waals surface area contributed by atoms with Crippen LogP contribution in [0.5, 0.6) is 0 Å². The SMILES string of the molecule is O=[N+]([O-])c1ccc(N2C=CCCC2)c(F)c1. The van der Waals surface area contributed by atoms with Crippen LogP contribution in [-0.4, -0.2) is 11.5 Å². The van der Waals surface area contributed by atoms with Gasteiger partial charge in [0.2, 0.25) is 0 Å². The highest BCUT2D eigenvalue weighted by Crippen LogP contribution is 2.25. The molecule has 0 aromatic heterocycles. The van der Waals surface area contributed by atoms with Crippen molar-refractivity contribution in [1.29, 1.82) is 0 Å². The Kier molecular flexibility index (Phi) is 2.85. The molecule has 0 saturated heterocycles. The van der Waals surface area contributed by atoms with Crippen LogP contribution < -0.4 is 4.90 Å². The first-order chi connectivity index (χ1) is 7.68. The zero-order valence-corrected chi connectivity index (χ0v) is 8.60. The van der Waals surface area contributed by atoms with Crippen molar-refractivity contribution in [1.82, 2.24) is 0 Å². The normalized spacial score (nSPS) is 15.2. The molecule has 0 aliphatic carbocycles. The first-order valence-corrected chi connectivity index (χ1v) is 5.06. The molecule has 84 valence electrons.